The number of pyridine rings is 1. The first kappa shape index (κ1) is 19.2. The summed E-state index contributed by atoms with van der Waals surface area (Å²) in [5.74, 6) is 1.79. The Kier molecular flexibility index (Phi) is 6.29. The van der Waals surface area contributed by atoms with Gasteiger partial charge in [-0.25, -0.2) is 4.98 Å². The number of aromatic nitrogens is 1. The SMILES string of the molecule is COc1ccc(CCN2CCN(C(=O)c3ccnc(N(C)C)c3)CC2)cc1. The van der Waals surface area contributed by atoms with E-state index in [-0.39, 0.29) is 5.91 Å². The van der Waals surface area contributed by atoms with Crippen molar-refractivity contribution < 1.29 is 9.53 Å². The molecule has 144 valence electrons. The second kappa shape index (κ2) is 8.86. The molecule has 0 unspecified atom stereocenters. The largest absolute Gasteiger partial charge is 0.497 e. The molecule has 0 bridgehead atoms. The highest BCUT2D eigenvalue weighted by atomic mass is 16.5. The third-order valence-corrected chi connectivity index (χ3v) is 4.99. The van der Waals surface area contributed by atoms with Crippen molar-refractivity contribution in [1.29, 1.82) is 0 Å². The van der Waals surface area contributed by atoms with Gasteiger partial charge in [0.1, 0.15) is 11.6 Å². The molecule has 27 heavy (non-hydrogen) atoms. The summed E-state index contributed by atoms with van der Waals surface area (Å²) >= 11 is 0. The molecule has 0 spiro atoms. The van der Waals surface area contributed by atoms with E-state index in [4.69, 9.17) is 4.74 Å². The predicted molar refractivity (Wildman–Crippen MR) is 108 cm³/mol. The van der Waals surface area contributed by atoms with Crippen LogP contribution in [0.2, 0.25) is 0 Å². The third-order valence-electron chi connectivity index (χ3n) is 4.99. The van der Waals surface area contributed by atoms with Crippen LogP contribution in [0.15, 0.2) is 42.6 Å². The Labute approximate surface area is 161 Å². The van der Waals surface area contributed by atoms with Crippen molar-refractivity contribution in [2.24, 2.45) is 0 Å². The average molecular weight is 368 g/mol. The van der Waals surface area contributed by atoms with Crippen molar-refractivity contribution >= 4 is 11.7 Å². The number of hydrogen-bond acceptors (Lipinski definition) is 5. The molecule has 1 aliphatic rings. The zero-order valence-electron chi connectivity index (χ0n) is 16.4. The Morgan fingerprint density at radius 3 is 2.44 bits per heavy atom. The van der Waals surface area contributed by atoms with E-state index in [0.29, 0.717) is 5.56 Å². The van der Waals surface area contributed by atoms with E-state index < -0.39 is 0 Å². The summed E-state index contributed by atoms with van der Waals surface area (Å²) < 4.78 is 5.20. The first-order valence-electron chi connectivity index (χ1n) is 9.35. The maximum absolute atomic E-state index is 12.8. The Balaban J connectivity index is 1.49. The monoisotopic (exact) mass is 368 g/mol. The number of piperazine rings is 1. The standard InChI is InChI=1S/C21H28N4O2/c1-23(2)20-16-18(8-10-22-20)21(26)25-14-12-24(13-15-25)11-9-17-4-6-19(27-3)7-5-17/h4-8,10,16H,9,11-15H2,1-3H3. The molecule has 1 amide bonds. The minimum atomic E-state index is 0.0929. The highest BCUT2D eigenvalue weighted by Gasteiger charge is 2.22. The van der Waals surface area contributed by atoms with Gasteiger partial charge in [-0.1, -0.05) is 12.1 Å². The fourth-order valence-corrected chi connectivity index (χ4v) is 3.23. The second-order valence-corrected chi connectivity index (χ2v) is 7.03. The number of hydrogen-bond donors (Lipinski definition) is 0. The molecule has 2 aromatic rings. The van der Waals surface area contributed by atoms with Crippen LogP contribution in [0.3, 0.4) is 0 Å². The van der Waals surface area contributed by atoms with Crippen molar-refractivity contribution in [3.8, 4) is 5.75 Å². The van der Waals surface area contributed by atoms with E-state index in [0.717, 1.165) is 50.7 Å². The summed E-state index contributed by atoms with van der Waals surface area (Å²) in [4.78, 5) is 23.3. The summed E-state index contributed by atoms with van der Waals surface area (Å²) in [6.45, 7) is 4.36. The lowest BCUT2D eigenvalue weighted by molar-refractivity contribution is 0.0638. The molecule has 6 heteroatoms. The third kappa shape index (κ3) is 4.98. The molecule has 0 radical (unpaired) electrons. The van der Waals surface area contributed by atoms with Gasteiger partial charge >= 0.3 is 0 Å². The van der Waals surface area contributed by atoms with Crippen molar-refractivity contribution in [3.63, 3.8) is 0 Å². The molecule has 1 saturated heterocycles. The molecular weight excluding hydrogens is 340 g/mol. The van der Waals surface area contributed by atoms with E-state index in [1.165, 1.54) is 5.56 Å². The van der Waals surface area contributed by atoms with Crippen molar-refractivity contribution in [2.45, 2.75) is 6.42 Å². The smallest absolute Gasteiger partial charge is 0.254 e. The minimum absolute atomic E-state index is 0.0929. The molecule has 1 aromatic carbocycles. The quantitative estimate of drug-likeness (QED) is 0.782. The van der Waals surface area contributed by atoms with E-state index in [9.17, 15) is 4.79 Å². The topological polar surface area (TPSA) is 48.9 Å². The second-order valence-electron chi connectivity index (χ2n) is 7.03. The molecule has 0 N–H and O–H groups in total. The molecule has 2 heterocycles. The number of ether oxygens (including phenoxy) is 1. The first-order chi connectivity index (χ1) is 13.1. The summed E-state index contributed by atoms with van der Waals surface area (Å²) in [6, 6.07) is 11.9. The van der Waals surface area contributed by atoms with Gasteiger partial charge in [-0.3, -0.25) is 9.69 Å². The van der Waals surface area contributed by atoms with Gasteiger partial charge in [0.05, 0.1) is 7.11 Å². The number of carbonyl (C=O) groups is 1. The van der Waals surface area contributed by atoms with Gasteiger partial charge in [0.15, 0.2) is 0 Å². The lowest BCUT2D eigenvalue weighted by Crippen LogP contribution is -2.49. The molecule has 0 atom stereocenters. The van der Waals surface area contributed by atoms with Crippen LogP contribution in [0.4, 0.5) is 5.82 Å². The average Bonchev–Trinajstić information content (AvgIpc) is 2.72. The number of amides is 1. The number of rotatable bonds is 6. The van der Waals surface area contributed by atoms with Crippen LogP contribution in [0, 0.1) is 0 Å². The van der Waals surface area contributed by atoms with E-state index in [1.54, 1.807) is 19.4 Å². The van der Waals surface area contributed by atoms with Crippen LogP contribution >= 0.6 is 0 Å². The van der Waals surface area contributed by atoms with Crippen LogP contribution in [0.1, 0.15) is 15.9 Å². The molecule has 0 saturated carbocycles. The predicted octanol–water partition coefficient (Wildman–Crippen LogP) is 2.16. The number of anilines is 1. The molecule has 0 aliphatic carbocycles. The number of methoxy groups -OCH3 is 1. The van der Waals surface area contributed by atoms with E-state index >= 15 is 0 Å². The minimum Gasteiger partial charge on any atom is -0.497 e. The maximum atomic E-state index is 12.8. The molecule has 1 fully saturated rings. The van der Waals surface area contributed by atoms with Gasteiger partial charge in [-0.2, -0.15) is 0 Å². The molecule has 6 nitrogen and oxygen atoms in total. The molecule has 1 aliphatic heterocycles. The van der Waals surface area contributed by atoms with Gasteiger partial charge in [0.25, 0.3) is 5.91 Å². The maximum Gasteiger partial charge on any atom is 0.254 e. The zero-order chi connectivity index (χ0) is 19.2. The van der Waals surface area contributed by atoms with Gasteiger partial charge in [0.2, 0.25) is 0 Å². The first-order valence-corrected chi connectivity index (χ1v) is 9.35. The molecule has 3 rings (SSSR count). The van der Waals surface area contributed by atoms with Gasteiger partial charge < -0.3 is 14.5 Å². The van der Waals surface area contributed by atoms with Crippen LogP contribution in [0.25, 0.3) is 0 Å². The van der Waals surface area contributed by atoms with E-state index in [1.807, 2.05) is 42.1 Å². The van der Waals surface area contributed by atoms with E-state index in [2.05, 4.69) is 22.0 Å². The zero-order valence-corrected chi connectivity index (χ0v) is 16.4. The Morgan fingerprint density at radius 1 is 1.11 bits per heavy atom. The fraction of sp³-hybridized carbons (Fsp3) is 0.429. The van der Waals surface area contributed by atoms with Crippen molar-refractivity contribution in [2.75, 3.05) is 58.8 Å². The summed E-state index contributed by atoms with van der Waals surface area (Å²) in [6.07, 6.45) is 2.71. The summed E-state index contributed by atoms with van der Waals surface area (Å²) in [5, 5.41) is 0. The summed E-state index contributed by atoms with van der Waals surface area (Å²) in [5.41, 5.74) is 2.02. The molecular formula is C21H28N4O2. The highest BCUT2D eigenvalue weighted by Crippen LogP contribution is 2.15. The highest BCUT2D eigenvalue weighted by molar-refractivity contribution is 5.94. The van der Waals surface area contributed by atoms with Crippen molar-refractivity contribution in [3.05, 3.63) is 53.7 Å². The van der Waals surface area contributed by atoms with Gasteiger partial charge in [0, 0.05) is 58.6 Å². The lowest BCUT2D eigenvalue weighted by Gasteiger charge is -2.34. The van der Waals surface area contributed by atoms with Crippen LogP contribution in [-0.2, 0) is 6.42 Å². The number of benzene rings is 1. The van der Waals surface area contributed by atoms with Crippen molar-refractivity contribution in [1.82, 2.24) is 14.8 Å². The number of carbonyl (C=O) groups excluding carboxylic acids is 1. The van der Waals surface area contributed by atoms with Crippen LogP contribution in [0.5, 0.6) is 5.75 Å². The van der Waals surface area contributed by atoms with Gasteiger partial charge in [-0.15, -0.1) is 0 Å². The normalized spacial score (nSPS) is 14.9. The Hall–Kier alpha value is -2.60. The Bertz CT molecular complexity index is 753. The number of nitrogens with zero attached hydrogens (tertiary/aromatic N) is 4. The van der Waals surface area contributed by atoms with Gasteiger partial charge in [-0.05, 0) is 36.2 Å². The Morgan fingerprint density at radius 2 is 1.81 bits per heavy atom. The fourth-order valence-electron chi connectivity index (χ4n) is 3.23. The van der Waals surface area contributed by atoms with Crippen LogP contribution in [-0.4, -0.2) is 74.6 Å². The lowest BCUT2D eigenvalue weighted by atomic mass is 10.1. The molecule has 1 aromatic heterocycles. The van der Waals surface area contributed by atoms with Crippen LogP contribution < -0.4 is 9.64 Å². The summed E-state index contributed by atoms with van der Waals surface area (Å²) in [7, 11) is 5.54.